The van der Waals surface area contributed by atoms with Gasteiger partial charge in [-0.05, 0) is 23.6 Å². The molecule has 2 nitrogen and oxygen atoms in total. The molecule has 1 unspecified atom stereocenters. The molecule has 16 heavy (non-hydrogen) atoms. The molecule has 0 fully saturated rings. The summed E-state index contributed by atoms with van der Waals surface area (Å²) in [5.41, 5.74) is 3.93. The molecule has 0 aliphatic heterocycles. The SMILES string of the molecule is CC(C)(C)C(O)(CN)c1cc(Br)ccc1F. The fourth-order valence-electron chi connectivity index (χ4n) is 1.63. The Hall–Kier alpha value is -0.450. The number of aliphatic hydroxyl groups is 1. The third-order valence-electron chi connectivity index (χ3n) is 2.91. The van der Waals surface area contributed by atoms with Crippen molar-refractivity contribution in [2.45, 2.75) is 26.4 Å². The molecule has 0 aliphatic rings. The Bertz CT molecular complexity index is 389. The first kappa shape index (κ1) is 13.6. The maximum Gasteiger partial charge on any atom is 0.129 e. The monoisotopic (exact) mass is 289 g/mol. The second-order valence-corrected chi connectivity index (χ2v) is 5.85. The lowest BCUT2D eigenvalue weighted by molar-refractivity contribution is -0.0584. The van der Waals surface area contributed by atoms with Gasteiger partial charge in [0.2, 0.25) is 0 Å². The van der Waals surface area contributed by atoms with Crippen LogP contribution in [0.5, 0.6) is 0 Å². The lowest BCUT2D eigenvalue weighted by Crippen LogP contribution is -2.47. The zero-order valence-electron chi connectivity index (χ0n) is 9.72. The number of nitrogens with two attached hydrogens (primary N) is 1. The second kappa shape index (κ2) is 4.43. The van der Waals surface area contributed by atoms with Crippen LogP contribution in [0.3, 0.4) is 0 Å². The van der Waals surface area contributed by atoms with Crippen molar-refractivity contribution >= 4 is 15.9 Å². The van der Waals surface area contributed by atoms with Crippen LogP contribution in [0.2, 0.25) is 0 Å². The normalized spacial score (nSPS) is 15.9. The number of hydrogen-bond acceptors (Lipinski definition) is 2. The van der Waals surface area contributed by atoms with Gasteiger partial charge in [0.1, 0.15) is 11.4 Å². The topological polar surface area (TPSA) is 46.2 Å². The fraction of sp³-hybridized carbons (Fsp3) is 0.500. The molecule has 4 heteroatoms. The van der Waals surface area contributed by atoms with Gasteiger partial charge >= 0.3 is 0 Å². The van der Waals surface area contributed by atoms with E-state index >= 15 is 0 Å². The molecule has 0 aliphatic carbocycles. The molecule has 0 heterocycles. The van der Waals surface area contributed by atoms with E-state index in [1.807, 2.05) is 20.8 Å². The maximum atomic E-state index is 13.7. The Labute approximate surface area is 104 Å². The van der Waals surface area contributed by atoms with Crippen molar-refractivity contribution in [1.29, 1.82) is 0 Å². The number of benzene rings is 1. The van der Waals surface area contributed by atoms with E-state index in [0.29, 0.717) is 0 Å². The van der Waals surface area contributed by atoms with Gasteiger partial charge in [0.15, 0.2) is 0 Å². The Kier molecular flexibility index (Phi) is 3.77. The molecule has 1 atom stereocenters. The van der Waals surface area contributed by atoms with E-state index in [9.17, 15) is 9.50 Å². The molecule has 1 aromatic carbocycles. The van der Waals surface area contributed by atoms with Crippen molar-refractivity contribution in [3.05, 3.63) is 34.1 Å². The minimum atomic E-state index is -1.37. The highest BCUT2D eigenvalue weighted by Gasteiger charge is 2.42. The van der Waals surface area contributed by atoms with Gasteiger partial charge < -0.3 is 10.8 Å². The van der Waals surface area contributed by atoms with Crippen molar-refractivity contribution in [3.8, 4) is 0 Å². The molecule has 0 saturated heterocycles. The van der Waals surface area contributed by atoms with E-state index in [1.165, 1.54) is 6.07 Å². The molecule has 0 spiro atoms. The molecular formula is C12H17BrFNO. The highest BCUT2D eigenvalue weighted by molar-refractivity contribution is 9.10. The van der Waals surface area contributed by atoms with E-state index in [1.54, 1.807) is 12.1 Å². The lowest BCUT2D eigenvalue weighted by atomic mass is 9.72. The summed E-state index contributed by atoms with van der Waals surface area (Å²) in [5, 5.41) is 10.5. The van der Waals surface area contributed by atoms with Crippen LogP contribution < -0.4 is 5.73 Å². The second-order valence-electron chi connectivity index (χ2n) is 4.94. The van der Waals surface area contributed by atoms with Gasteiger partial charge in [-0.25, -0.2) is 4.39 Å². The summed E-state index contributed by atoms with van der Waals surface area (Å²) in [6.07, 6.45) is 0. The predicted molar refractivity (Wildman–Crippen MR) is 66.5 cm³/mol. The van der Waals surface area contributed by atoms with Crippen LogP contribution in [-0.2, 0) is 5.60 Å². The standard InChI is InChI=1S/C12H17BrFNO/c1-11(2,3)12(16,7-15)9-6-8(13)4-5-10(9)14/h4-6,16H,7,15H2,1-3H3. The van der Waals surface area contributed by atoms with Crippen LogP contribution in [0.25, 0.3) is 0 Å². The summed E-state index contributed by atoms with van der Waals surface area (Å²) >= 11 is 3.27. The van der Waals surface area contributed by atoms with E-state index in [0.717, 1.165) is 4.47 Å². The van der Waals surface area contributed by atoms with Gasteiger partial charge in [-0.2, -0.15) is 0 Å². The highest BCUT2D eigenvalue weighted by Crippen LogP contribution is 2.40. The van der Waals surface area contributed by atoms with E-state index < -0.39 is 16.8 Å². The Balaban J connectivity index is 3.39. The maximum absolute atomic E-state index is 13.7. The summed E-state index contributed by atoms with van der Waals surface area (Å²) in [7, 11) is 0. The van der Waals surface area contributed by atoms with Gasteiger partial charge in [-0.15, -0.1) is 0 Å². The summed E-state index contributed by atoms with van der Waals surface area (Å²) in [5.74, 6) is -0.439. The van der Waals surface area contributed by atoms with Crippen molar-refractivity contribution in [2.75, 3.05) is 6.54 Å². The third kappa shape index (κ3) is 2.29. The number of rotatable bonds is 2. The van der Waals surface area contributed by atoms with Gasteiger partial charge in [0.25, 0.3) is 0 Å². The van der Waals surface area contributed by atoms with Crippen LogP contribution in [0.1, 0.15) is 26.3 Å². The van der Waals surface area contributed by atoms with Crippen LogP contribution in [0.4, 0.5) is 4.39 Å². The highest BCUT2D eigenvalue weighted by atomic mass is 79.9. The molecule has 1 rings (SSSR count). The summed E-state index contributed by atoms with van der Waals surface area (Å²) < 4.78 is 14.5. The van der Waals surface area contributed by atoms with Gasteiger partial charge in [-0.1, -0.05) is 36.7 Å². The first-order chi connectivity index (χ1) is 7.22. The first-order valence-electron chi connectivity index (χ1n) is 5.10. The van der Waals surface area contributed by atoms with Crippen LogP contribution in [0, 0.1) is 11.2 Å². The lowest BCUT2D eigenvalue weighted by Gasteiger charge is -2.40. The Morgan fingerprint density at radius 3 is 2.38 bits per heavy atom. The van der Waals surface area contributed by atoms with Crippen molar-refractivity contribution in [1.82, 2.24) is 0 Å². The smallest absolute Gasteiger partial charge is 0.129 e. The molecule has 0 radical (unpaired) electrons. The van der Waals surface area contributed by atoms with Crippen molar-refractivity contribution < 1.29 is 9.50 Å². The molecule has 1 aromatic rings. The summed E-state index contributed by atoms with van der Waals surface area (Å²) in [4.78, 5) is 0. The minimum absolute atomic E-state index is 0.0239. The molecule has 90 valence electrons. The fourth-order valence-corrected chi connectivity index (χ4v) is 2.00. The van der Waals surface area contributed by atoms with Crippen molar-refractivity contribution in [2.24, 2.45) is 11.1 Å². The largest absolute Gasteiger partial charge is 0.383 e. The van der Waals surface area contributed by atoms with Gasteiger partial charge in [0.05, 0.1) is 0 Å². The summed E-state index contributed by atoms with van der Waals surface area (Å²) in [6, 6.07) is 4.50. The predicted octanol–water partition coefficient (Wildman–Crippen LogP) is 2.78. The molecule has 0 saturated carbocycles. The van der Waals surface area contributed by atoms with Crippen LogP contribution in [-0.4, -0.2) is 11.7 Å². The minimum Gasteiger partial charge on any atom is -0.383 e. The summed E-state index contributed by atoms with van der Waals surface area (Å²) in [6.45, 7) is 5.48. The molecule has 0 bridgehead atoms. The first-order valence-corrected chi connectivity index (χ1v) is 5.89. The van der Waals surface area contributed by atoms with Crippen LogP contribution in [0.15, 0.2) is 22.7 Å². The molecule has 0 amide bonds. The van der Waals surface area contributed by atoms with E-state index in [4.69, 9.17) is 5.73 Å². The third-order valence-corrected chi connectivity index (χ3v) is 3.40. The number of hydrogen-bond donors (Lipinski definition) is 2. The van der Waals surface area contributed by atoms with Crippen LogP contribution >= 0.6 is 15.9 Å². The zero-order chi connectivity index (χ0) is 12.6. The number of halogens is 2. The average Bonchev–Trinajstić information content (AvgIpc) is 2.19. The van der Waals surface area contributed by atoms with E-state index in [-0.39, 0.29) is 12.1 Å². The Morgan fingerprint density at radius 2 is 1.94 bits per heavy atom. The zero-order valence-corrected chi connectivity index (χ0v) is 11.3. The van der Waals surface area contributed by atoms with Crippen molar-refractivity contribution in [3.63, 3.8) is 0 Å². The van der Waals surface area contributed by atoms with E-state index in [2.05, 4.69) is 15.9 Å². The molecule has 3 N–H and O–H groups in total. The Morgan fingerprint density at radius 1 is 1.38 bits per heavy atom. The molecule has 0 aromatic heterocycles. The van der Waals surface area contributed by atoms with Gasteiger partial charge in [-0.3, -0.25) is 0 Å². The quantitative estimate of drug-likeness (QED) is 0.879. The average molecular weight is 290 g/mol. The molecular weight excluding hydrogens is 273 g/mol. The van der Waals surface area contributed by atoms with Gasteiger partial charge in [0, 0.05) is 16.6 Å².